The average molecular weight is 321 g/mol. The second kappa shape index (κ2) is 7.20. The van der Waals surface area contributed by atoms with Gasteiger partial charge in [0, 0.05) is 11.8 Å². The molecule has 0 bridgehead atoms. The lowest BCUT2D eigenvalue weighted by Gasteiger charge is -2.10. The van der Waals surface area contributed by atoms with E-state index in [0.717, 1.165) is 11.1 Å². The smallest absolute Gasteiger partial charge is 0.276 e. The number of nitrogens with zero attached hydrogens (tertiary/aromatic N) is 2. The highest BCUT2D eigenvalue weighted by Gasteiger charge is 2.16. The van der Waals surface area contributed by atoms with E-state index in [9.17, 15) is 20.2 Å². The number of nitro groups is 1. The second-order valence-electron chi connectivity index (χ2n) is 5.21. The third-order valence-corrected chi connectivity index (χ3v) is 3.52. The summed E-state index contributed by atoms with van der Waals surface area (Å²) in [7, 11) is 0. The van der Waals surface area contributed by atoms with E-state index in [-0.39, 0.29) is 16.8 Å². The minimum atomic E-state index is -0.604. The van der Waals surface area contributed by atoms with Crippen LogP contribution >= 0.6 is 0 Å². The van der Waals surface area contributed by atoms with Crippen molar-refractivity contribution in [3.63, 3.8) is 0 Å². The molecule has 1 N–H and O–H groups in total. The molecule has 0 spiro atoms. The van der Waals surface area contributed by atoms with Crippen LogP contribution in [0, 0.1) is 35.3 Å². The Morgan fingerprint density at radius 3 is 2.38 bits per heavy atom. The Kier molecular flexibility index (Phi) is 5.07. The van der Waals surface area contributed by atoms with Crippen LogP contribution in [0.15, 0.2) is 48.0 Å². The van der Waals surface area contributed by atoms with Gasteiger partial charge in [-0.25, -0.2) is 0 Å². The summed E-state index contributed by atoms with van der Waals surface area (Å²) in [4.78, 5) is 22.8. The molecule has 2 rings (SSSR count). The van der Waals surface area contributed by atoms with Crippen molar-refractivity contribution in [3.8, 4) is 6.07 Å². The van der Waals surface area contributed by atoms with E-state index in [1.54, 1.807) is 12.1 Å². The van der Waals surface area contributed by atoms with E-state index in [1.165, 1.54) is 24.3 Å². The van der Waals surface area contributed by atoms with Crippen molar-refractivity contribution in [3.05, 3.63) is 74.8 Å². The van der Waals surface area contributed by atoms with Gasteiger partial charge in [-0.15, -0.1) is 0 Å². The zero-order valence-corrected chi connectivity index (χ0v) is 13.2. The topological polar surface area (TPSA) is 96.0 Å². The summed E-state index contributed by atoms with van der Waals surface area (Å²) in [5.41, 5.74) is 2.21. The average Bonchev–Trinajstić information content (AvgIpc) is 2.56. The molecule has 24 heavy (non-hydrogen) atoms. The molecule has 0 aliphatic rings. The summed E-state index contributed by atoms with van der Waals surface area (Å²) in [6.07, 6.45) is 1.22. The summed E-state index contributed by atoms with van der Waals surface area (Å²) < 4.78 is 0. The first kappa shape index (κ1) is 16.9. The van der Waals surface area contributed by atoms with Crippen molar-refractivity contribution in [2.75, 3.05) is 5.32 Å². The number of nitrogens with one attached hydrogen (secondary N) is 1. The first-order chi connectivity index (χ1) is 11.4. The minimum absolute atomic E-state index is 0.162. The molecule has 0 saturated carbocycles. The van der Waals surface area contributed by atoms with Crippen molar-refractivity contribution in [2.24, 2.45) is 0 Å². The van der Waals surface area contributed by atoms with E-state index < -0.39 is 10.8 Å². The molecule has 6 heteroatoms. The predicted octanol–water partition coefficient (Wildman–Crippen LogP) is 3.76. The number of carbonyl (C=O) groups is 1. The van der Waals surface area contributed by atoms with Gasteiger partial charge in [0.05, 0.1) is 10.5 Å². The van der Waals surface area contributed by atoms with Gasteiger partial charge in [0.25, 0.3) is 11.6 Å². The van der Waals surface area contributed by atoms with Crippen LogP contribution < -0.4 is 5.32 Å². The molecule has 2 aromatic rings. The fourth-order valence-electron chi connectivity index (χ4n) is 2.27. The van der Waals surface area contributed by atoms with Gasteiger partial charge in [0.2, 0.25) is 0 Å². The highest BCUT2D eigenvalue weighted by atomic mass is 16.6. The number of rotatable bonds is 4. The molecule has 0 aliphatic carbocycles. The molecule has 0 aromatic heterocycles. The highest BCUT2D eigenvalue weighted by Crippen LogP contribution is 2.23. The van der Waals surface area contributed by atoms with Gasteiger partial charge in [-0.2, -0.15) is 5.26 Å². The molecule has 6 nitrogen and oxygen atoms in total. The first-order valence-electron chi connectivity index (χ1n) is 7.17. The van der Waals surface area contributed by atoms with Crippen LogP contribution in [0.2, 0.25) is 0 Å². The zero-order valence-electron chi connectivity index (χ0n) is 13.2. The Hall–Kier alpha value is -3.46. The Morgan fingerprint density at radius 1 is 1.17 bits per heavy atom. The maximum atomic E-state index is 12.4. The van der Waals surface area contributed by atoms with E-state index in [0.29, 0.717) is 5.69 Å². The summed E-state index contributed by atoms with van der Waals surface area (Å²) in [6, 6.07) is 13.3. The van der Waals surface area contributed by atoms with Gasteiger partial charge < -0.3 is 5.32 Å². The lowest BCUT2D eigenvalue weighted by atomic mass is 10.1. The molecule has 0 atom stereocenters. The van der Waals surface area contributed by atoms with Gasteiger partial charge in [0.15, 0.2) is 0 Å². The third kappa shape index (κ3) is 3.65. The summed E-state index contributed by atoms with van der Waals surface area (Å²) >= 11 is 0. The molecule has 0 radical (unpaired) electrons. The van der Waals surface area contributed by atoms with Crippen molar-refractivity contribution < 1.29 is 9.72 Å². The standard InChI is InChI=1S/C18H15N3O3/c1-12-6-5-7-13(2)17(12)20-18(22)15(11-19)10-14-8-3-4-9-16(14)21(23)24/h3-10H,1-2H3,(H,20,22)/b15-10+. The normalized spacial score (nSPS) is 10.8. The van der Waals surface area contributed by atoms with Gasteiger partial charge in [-0.3, -0.25) is 14.9 Å². The summed E-state index contributed by atoms with van der Waals surface area (Å²) in [5, 5.41) is 23.0. The maximum Gasteiger partial charge on any atom is 0.276 e. The largest absolute Gasteiger partial charge is 0.321 e. The summed E-state index contributed by atoms with van der Waals surface area (Å²) in [5.74, 6) is -0.604. The lowest BCUT2D eigenvalue weighted by molar-refractivity contribution is -0.385. The second-order valence-corrected chi connectivity index (χ2v) is 5.21. The van der Waals surface area contributed by atoms with Crippen LogP contribution in [0.5, 0.6) is 0 Å². The number of amides is 1. The Bertz CT molecular complexity index is 859. The number of hydrogen-bond donors (Lipinski definition) is 1. The number of nitriles is 1. The molecule has 0 heterocycles. The maximum absolute atomic E-state index is 12.4. The lowest BCUT2D eigenvalue weighted by Crippen LogP contribution is -2.15. The Morgan fingerprint density at radius 2 is 1.79 bits per heavy atom. The van der Waals surface area contributed by atoms with Gasteiger partial charge >= 0.3 is 0 Å². The SMILES string of the molecule is Cc1cccc(C)c1NC(=O)/C(C#N)=C/c1ccccc1[N+](=O)[O-]. The number of hydrogen-bond acceptors (Lipinski definition) is 4. The first-order valence-corrected chi connectivity index (χ1v) is 7.17. The summed E-state index contributed by atoms with van der Waals surface area (Å²) in [6.45, 7) is 3.70. The van der Waals surface area contributed by atoms with E-state index in [1.807, 2.05) is 32.0 Å². The predicted molar refractivity (Wildman–Crippen MR) is 91.2 cm³/mol. The number of anilines is 1. The fourth-order valence-corrected chi connectivity index (χ4v) is 2.27. The molecule has 0 unspecified atom stereocenters. The van der Waals surface area contributed by atoms with Crippen LogP contribution in [0.25, 0.3) is 6.08 Å². The molecule has 120 valence electrons. The van der Waals surface area contributed by atoms with Gasteiger partial charge in [-0.1, -0.05) is 30.3 Å². The molecule has 0 saturated heterocycles. The van der Waals surface area contributed by atoms with Crippen molar-refractivity contribution in [1.82, 2.24) is 0 Å². The van der Waals surface area contributed by atoms with E-state index >= 15 is 0 Å². The van der Waals surface area contributed by atoms with Crippen LogP contribution in [0.3, 0.4) is 0 Å². The highest BCUT2D eigenvalue weighted by molar-refractivity contribution is 6.10. The molecular formula is C18H15N3O3. The van der Waals surface area contributed by atoms with Crippen LogP contribution in [0.4, 0.5) is 11.4 Å². The number of carbonyl (C=O) groups excluding carboxylic acids is 1. The number of nitro benzene ring substituents is 1. The van der Waals surface area contributed by atoms with Gasteiger partial charge in [0.1, 0.15) is 11.6 Å². The molecule has 0 aliphatic heterocycles. The monoisotopic (exact) mass is 321 g/mol. The van der Waals surface area contributed by atoms with Crippen LogP contribution in [-0.4, -0.2) is 10.8 Å². The van der Waals surface area contributed by atoms with Crippen LogP contribution in [0.1, 0.15) is 16.7 Å². The number of aryl methyl sites for hydroxylation is 2. The zero-order chi connectivity index (χ0) is 17.7. The van der Waals surface area contributed by atoms with Crippen molar-refractivity contribution in [1.29, 1.82) is 5.26 Å². The van der Waals surface area contributed by atoms with E-state index in [4.69, 9.17) is 0 Å². The Labute approximate surface area is 139 Å². The van der Waals surface area contributed by atoms with Crippen LogP contribution in [-0.2, 0) is 4.79 Å². The quantitative estimate of drug-likeness (QED) is 0.401. The molecule has 0 fully saturated rings. The van der Waals surface area contributed by atoms with Gasteiger partial charge in [-0.05, 0) is 37.1 Å². The molecular weight excluding hydrogens is 306 g/mol. The third-order valence-electron chi connectivity index (χ3n) is 3.52. The fraction of sp³-hybridized carbons (Fsp3) is 0.111. The molecule has 1 amide bonds. The minimum Gasteiger partial charge on any atom is -0.321 e. The Balaban J connectivity index is 2.37. The van der Waals surface area contributed by atoms with Crippen molar-refractivity contribution >= 4 is 23.4 Å². The number of benzene rings is 2. The van der Waals surface area contributed by atoms with E-state index in [2.05, 4.69) is 5.32 Å². The molecule has 2 aromatic carbocycles. The number of para-hydroxylation sites is 2. The van der Waals surface area contributed by atoms with Crippen molar-refractivity contribution in [2.45, 2.75) is 13.8 Å².